The number of carbonyl (C=O) groups is 1. The van der Waals surface area contributed by atoms with Crippen LogP contribution in [-0.2, 0) is 4.79 Å². The van der Waals surface area contributed by atoms with Crippen molar-refractivity contribution in [2.24, 2.45) is 0 Å². The number of carbonyl (C=O) groups excluding carboxylic acids is 1. The Labute approximate surface area is 154 Å². The topological polar surface area (TPSA) is 44.4 Å². The summed E-state index contributed by atoms with van der Waals surface area (Å²) >= 11 is 1.15. The van der Waals surface area contributed by atoms with Crippen molar-refractivity contribution in [3.63, 3.8) is 0 Å². The molecule has 1 fully saturated rings. The van der Waals surface area contributed by atoms with E-state index in [1.54, 1.807) is 0 Å². The second-order valence-corrected chi connectivity index (χ2v) is 6.44. The molecule has 25 heavy (non-hydrogen) atoms. The van der Waals surface area contributed by atoms with E-state index in [0.29, 0.717) is 31.1 Å². The van der Waals surface area contributed by atoms with Gasteiger partial charge in [-0.05, 0) is 24.3 Å². The maximum absolute atomic E-state index is 13.2. The molecule has 1 aliphatic heterocycles. The molecule has 1 atom stereocenters. The summed E-state index contributed by atoms with van der Waals surface area (Å²) in [5.41, 5.74) is 0. The molecule has 0 saturated carbocycles. The summed E-state index contributed by atoms with van der Waals surface area (Å²) < 4.78 is 52.3. The Morgan fingerprint density at radius 3 is 2.40 bits per heavy atom. The van der Waals surface area contributed by atoms with Crippen molar-refractivity contribution in [1.82, 2.24) is 15.5 Å². The zero-order valence-electron chi connectivity index (χ0n) is 13.3. The van der Waals surface area contributed by atoms with Crippen molar-refractivity contribution in [2.75, 3.05) is 38.5 Å². The van der Waals surface area contributed by atoms with Gasteiger partial charge in [-0.1, -0.05) is 0 Å². The molecule has 0 spiro atoms. The molecule has 1 amide bonds. The molecular weight excluding hydrogens is 382 g/mol. The summed E-state index contributed by atoms with van der Waals surface area (Å²) in [5.74, 6) is -0.876. The summed E-state index contributed by atoms with van der Waals surface area (Å²) in [4.78, 5) is 13.8. The molecular formula is C15H20ClF4N3OS. The second kappa shape index (κ2) is 10.2. The van der Waals surface area contributed by atoms with E-state index in [9.17, 15) is 22.4 Å². The molecule has 1 heterocycles. The summed E-state index contributed by atoms with van der Waals surface area (Å²) in [5, 5.41) is 5.35. The lowest BCUT2D eigenvalue weighted by molar-refractivity contribution is -0.183. The Hall–Kier alpha value is -1.03. The van der Waals surface area contributed by atoms with E-state index in [-0.39, 0.29) is 24.0 Å². The molecule has 1 unspecified atom stereocenters. The highest BCUT2D eigenvalue weighted by Gasteiger charge is 2.43. The van der Waals surface area contributed by atoms with Crippen LogP contribution in [0.2, 0.25) is 0 Å². The SMILES string of the molecule is Cl.O=C(CSc1ccc(F)cc1)NCC(N1CCNCC1)C(F)(F)F. The van der Waals surface area contributed by atoms with Gasteiger partial charge in [-0.2, -0.15) is 13.2 Å². The second-order valence-electron chi connectivity index (χ2n) is 5.39. The van der Waals surface area contributed by atoms with Crippen molar-refractivity contribution in [3.8, 4) is 0 Å². The first-order chi connectivity index (χ1) is 11.4. The van der Waals surface area contributed by atoms with Crippen LogP contribution < -0.4 is 10.6 Å². The lowest BCUT2D eigenvalue weighted by Gasteiger charge is -2.35. The Morgan fingerprint density at radius 1 is 1.24 bits per heavy atom. The van der Waals surface area contributed by atoms with Crippen molar-refractivity contribution in [1.29, 1.82) is 0 Å². The van der Waals surface area contributed by atoms with Crippen molar-refractivity contribution in [2.45, 2.75) is 17.1 Å². The predicted octanol–water partition coefficient (Wildman–Crippen LogP) is 2.29. The maximum atomic E-state index is 13.2. The van der Waals surface area contributed by atoms with Crippen molar-refractivity contribution < 1.29 is 22.4 Å². The number of amides is 1. The first-order valence-electron chi connectivity index (χ1n) is 7.53. The molecule has 142 valence electrons. The number of halogens is 5. The van der Waals surface area contributed by atoms with Crippen LogP contribution in [0.5, 0.6) is 0 Å². The Bertz CT molecular complexity index is 539. The highest BCUT2D eigenvalue weighted by molar-refractivity contribution is 8.00. The van der Waals surface area contributed by atoms with Crippen molar-refractivity contribution >= 4 is 30.1 Å². The molecule has 1 aromatic rings. The van der Waals surface area contributed by atoms with E-state index in [0.717, 1.165) is 11.8 Å². The highest BCUT2D eigenvalue weighted by atomic mass is 35.5. The van der Waals surface area contributed by atoms with Gasteiger partial charge in [0.25, 0.3) is 0 Å². The van der Waals surface area contributed by atoms with E-state index in [1.807, 2.05) is 0 Å². The Balaban J connectivity index is 0.00000312. The monoisotopic (exact) mass is 401 g/mol. The van der Waals surface area contributed by atoms with Gasteiger partial charge in [0.15, 0.2) is 0 Å². The Morgan fingerprint density at radius 2 is 1.84 bits per heavy atom. The lowest BCUT2D eigenvalue weighted by Crippen LogP contribution is -2.57. The number of rotatable bonds is 6. The fourth-order valence-corrected chi connectivity index (χ4v) is 3.12. The molecule has 1 saturated heterocycles. The number of nitrogens with one attached hydrogen (secondary N) is 2. The molecule has 10 heteroatoms. The largest absolute Gasteiger partial charge is 0.405 e. The first-order valence-corrected chi connectivity index (χ1v) is 8.51. The van der Waals surface area contributed by atoms with E-state index in [1.165, 1.54) is 29.2 Å². The van der Waals surface area contributed by atoms with Gasteiger partial charge in [-0.15, -0.1) is 24.2 Å². The molecule has 2 N–H and O–H groups in total. The standard InChI is InChI=1S/C15H19F4N3OS.ClH/c16-11-1-3-12(4-2-11)24-10-14(23)21-9-13(15(17,18)19)22-7-5-20-6-8-22;/h1-4,13,20H,5-10H2,(H,21,23);1H. The van der Waals surface area contributed by atoms with Crippen LogP contribution >= 0.6 is 24.2 Å². The minimum absolute atomic E-state index is 0. The maximum Gasteiger partial charge on any atom is 0.405 e. The average molecular weight is 402 g/mol. The number of hydrogen-bond acceptors (Lipinski definition) is 4. The number of thioether (sulfide) groups is 1. The van der Waals surface area contributed by atoms with Crippen LogP contribution in [0.3, 0.4) is 0 Å². The van der Waals surface area contributed by atoms with Gasteiger partial charge in [-0.3, -0.25) is 9.69 Å². The van der Waals surface area contributed by atoms with Crippen LogP contribution in [0.1, 0.15) is 0 Å². The predicted molar refractivity (Wildman–Crippen MR) is 91.7 cm³/mol. The molecule has 0 radical (unpaired) electrons. The quantitative estimate of drug-likeness (QED) is 0.567. The number of nitrogens with zero attached hydrogens (tertiary/aromatic N) is 1. The lowest BCUT2D eigenvalue weighted by atomic mass is 10.2. The molecule has 0 bridgehead atoms. The van der Waals surface area contributed by atoms with Gasteiger partial charge in [0.05, 0.1) is 5.75 Å². The van der Waals surface area contributed by atoms with Gasteiger partial charge < -0.3 is 10.6 Å². The third-order valence-electron chi connectivity index (χ3n) is 3.65. The van der Waals surface area contributed by atoms with Crippen LogP contribution in [0.4, 0.5) is 17.6 Å². The summed E-state index contributed by atoms with van der Waals surface area (Å²) in [7, 11) is 0. The van der Waals surface area contributed by atoms with Crippen LogP contribution in [0, 0.1) is 5.82 Å². The van der Waals surface area contributed by atoms with E-state index < -0.39 is 24.7 Å². The first kappa shape index (κ1) is 22.0. The summed E-state index contributed by atoms with van der Waals surface area (Å²) in [6, 6.07) is 3.90. The number of hydrogen-bond donors (Lipinski definition) is 2. The number of piperazine rings is 1. The molecule has 0 aliphatic carbocycles. The van der Waals surface area contributed by atoms with E-state index in [4.69, 9.17) is 0 Å². The fourth-order valence-electron chi connectivity index (χ4n) is 2.39. The Kier molecular flexibility index (Phi) is 8.98. The zero-order chi connectivity index (χ0) is 17.6. The van der Waals surface area contributed by atoms with E-state index >= 15 is 0 Å². The third-order valence-corrected chi connectivity index (χ3v) is 4.66. The minimum Gasteiger partial charge on any atom is -0.353 e. The highest BCUT2D eigenvalue weighted by Crippen LogP contribution is 2.25. The van der Waals surface area contributed by atoms with Gasteiger partial charge in [0, 0.05) is 37.6 Å². The van der Waals surface area contributed by atoms with Crippen LogP contribution in [0.15, 0.2) is 29.2 Å². The average Bonchev–Trinajstić information content (AvgIpc) is 2.54. The fraction of sp³-hybridized carbons (Fsp3) is 0.533. The number of benzene rings is 1. The molecule has 1 aromatic carbocycles. The van der Waals surface area contributed by atoms with Crippen LogP contribution in [0.25, 0.3) is 0 Å². The van der Waals surface area contributed by atoms with Crippen LogP contribution in [-0.4, -0.2) is 61.5 Å². The number of alkyl halides is 3. The van der Waals surface area contributed by atoms with Crippen molar-refractivity contribution in [3.05, 3.63) is 30.1 Å². The minimum atomic E-state index is -4.39. The molecule has 1 aliphatic rings. The summed E-state index contributed by atoms with van der Waals surface area (Å²) in [6.45, 7) is 1.13. The van der Waals surface area contributed by atoms with E-state index in [2.05, 4.69) is 10.6 Å². The molecule has 0 aromatic heterocycles. The molecule has 2 rings (SSSR count). The van der Waals surface area contributed by atoms with Gasteiger partial charge in [-0.25, -0.2) is 4.39 Å². The smallest absolute Gasteiger partial charge is 0.353 e. The molecule has 4 nitrogen and oxygen atoms in total. The third kappa shape index (κ3) is 7.39. The summed E-state index contributed by atoms with van der Waals surface area (Å²) in [6.07, 6.45) is -4.39. The van der Waals surface area contributed by atoms with Gasteiger partial charge in [0.2, 0.25) is 5.91 Å². The normalized spacial score (nSPS) is 16.8. The zero-order valence-corrected chi connectivity index (χ0v) is 14.9. The van der Waals surface area contributed by atoms with Gasteiger partial charge in [0.1, 0.15) is 11.9 Å². The van der Waals surface area contributed by atoms with Gasteiger partial charge >= 0.3 is 6.18 Å².